The van der Waals surface area contributed by atoms with E-state index in [1.165, 1.54) is 29.7 Å². The summed E-state index contributed by atoms with van der Waals surface area (Å²) in [5.41, 5.74) is 1.11. The highest BCUT2D eigenvalue weighted by Crippen LogP contribution is 2.32. The van der Waals surface area contributed by atoms with Gasteiger partial charge in [-0.1, -0.05) is 11.6 Å². The second-order valence-electron chi connectivity index (χ2n) is 4.11. The van der Waals surface area contributed by atoms with Crippen LogP contribution in [0.4, 0.5) is 5.00 Å². The maximum absolute atomic E-state index is 12.1. The first-order valence-electron chi connectivity index (χ1n) is 5.66. The van der Waals surface area contributed by atoms with Gasteiger partial charge in [-0.05, 0) is 31.5 Å². The molecule has 2 N–H and O–H groups in total. The molecule has 0 radical (unpaired) electrons. The number of rotatable bonds is 3. The molecule has 0 atom stereocenters. The van der Waals surface area contributed by atoms with E-state index in [1.807, 2.05) is 6.92 Å². The van der Waals surface area contributed by atoms with E-state index in [-0.39, 0.29) is 10.7 Å². The summed E-state index contributed by atoms with van der Waals surface area (Å²) in [5, 5.41) is 12.3. The number of hydrogen-bond acceptors (Lipinski definition) is 4. The average Bonchev–Trinajstić information content (AvgIpc) is 2.64. The molecule has 0 spiro atoms. The first-order valence-corrected chi connectivity index (χ1v) is 6.85. The molecule has 0 bridgehead atoms. The molecule has 0 aromatic carbocycles. The zero-order valence-corrected chi connectivity index (χ0v) is 12.3. The Morgan fingerprint density at radius 3 is 2.70 bits per heavy atom. The number of carbonyl (C=O) groups excluding carboxylic acids is 1. The van der Waals surface area contributed by atoms with Gasteiger partial charge in [-0.25, -0.2) is 9.78 Å². The molecule has 0 aliphatic heterocycles. The van der Waals surface area contributed by atoms with Crippen LogP contribution in [0.3, 0.4) is 0 Å². The van der Waals surface area contributed by atoms with Crippen LogP contribution in [-0.2, 0) is 0 Å². The Hall–Kier alpha value is -1.92. The fourth-order valence-electron chi connectivity index (χ4n) is 1.69. The molecule has 2 aromatic heterocycles. The summed E-state index contributed by atoms with van der Waals surface area (Å²) in [6, 6.07) is 2.93. The Kier molecular flexibility index (Phi) is 4.06. The highest BCUT2D eigenvalue weighted by atomic mass is 35.5. The number of carboxylic acids is 1. The molecule has 0 fully saturated rings. The topological polar surface area (TPSA) is 79.3 Å². The van der Waals surface area contributed by atoms with Crippen LogP contribution < -0.4 is 5.32 Å². The zero-order chi connectivity index (χ0) is 14.9. The van der Waals surface area contributed by atoms with Crippen molar-refractivity contribution in [3.8, 4) is 0 Å². The normalized spacial score (nSPS) is 10.3. The molecule has 2 rings (SSSR count). The van der Waals surface area contributed by atoms with Crippen LogP contribution in [0, 0.1) is 13.8 Å². The third-order valence-corrected chi connectivity index (χ3v) is 4.14. The monoisotopic (exact) mass is 310 g/mol. The highest BCUT2D eigenvalue weighted by molar-refractivity contribution is 7.16. The minimum absolute atomic E-state index is 0.126. The van der Waals surface area contributed by atoms with Gasteiger partial charge in [0.1, 0.15) is 10.2 Å². The summed E-state index contributed by atoms with van der Waals surface area (Å²) in [6.07, 6.45) is 1.42. The summed E-state index contributed by atoms with van der Waals surface area (Å²) >= 11 is 6.96. The lowest BCUT2D eigenvalue weighted by Gasteiger charge is -2.04. The fraction of sp³-hybridized carbons (Fsp3) is 0.154. The first kappa shape index (κ1) is 14.5. The molecule has 1 amide bonds. The van der Waals surface area contributed by atoms with Crippen molar-refractivity contribution in [3.05, 3.63) is 45.1 Å². The van der Waals surface area contributed by atoms with Crippen LogP contribution in [0.2, 0.25) is 5.15 Å². The summed E-state index contributed by atoms with van der Waals surface area (Å²) in [4.78, 5) is 28.0. The smallest absolute Gasteiger partial charge is 0.338 e. The van der Waals surface area contributed by atoms with Crippen molar-refractivity contribution in [2.24, 2.45) is 0 Å². The lowest BCUT2D eigenvalue weighted by molar-refractivity contribution is 0.0697. The average molecular weight is 311 g/mol. The number of nitrogens with zero attached hydrogens (tertiary/aromatic N) is 1. The molecule has 0 unspecified atom stereocenters. The number of carbonyl (C=O) groups is 2. The lowest BCUT2D eigenvalue weighted by atomic mass is 10.1. The number of aromatic carboxylic acids is 1. The van der Waals surface area contributed by atoms with Crippen LogP contribution in [-0.4, -0.2) is 22.0 Å². The van der Waals surface area contributed by atoms with Gasteiger partial charge in [0.25, 0.3) is 5.91 Å². The third kappa shape index (κ3) is 2.81. The van der Waals surface area contributed by atoms with Crippen LogP contribution in [0.15, 0.2) is 18.3 Å². The van der Waals surface area contributed by atoms with Crippen LogP contribution in [0.5, 0.6) is 0 Å². The maximum Gasteiger partial charge on any atom is 0.338 e. The van der Waals surface area contributed by atoms with Gasteiger partial charge in [-0.15, -0.1) is 11.3 Å². The molecule has 20 heavy (non-hydrogen) atoms. The zero-order valence-electron chi connectivity index (χ0n) is 10.7. The van der Waals surface area contributed by atoms with Crippen LogP contribution >= 0.6 is 22.9 Å². The number of carboxylic acid groups (broad SMARTS) is 1. The second kappa shape index (κ2) is 5.60. The van der Waals surface area contributed by atoms with Crippen molar-refractivity contribution in [2.45, 2.75) is 13.8 Å². The van der Waals surface area contributed by atoms with Crippen molar-refractivity contribution in [1.82, 2.24) is 4.98 Å². The van der Waals surface area contributed by atoms with Crippen LogP contribution in [0.1, 0.15) is 31.2 Å². The molecule has 0 saturated carbocycles. The van der Waals surface area contributed by atoms with Gasteiger partial charge in [0.15, 0.2) is 0 Å². The Labute approximate surface area is 124 Å². The largest absolute Gasteiger partial charge is 0.478 e. The molecular formula is C13H11ClN2O3S. The van der Waals surface area contributed by atoms with Gasteiger partial charge in [0.05, 0.1) is 5.56 Å². The predicted molar refractivity (Wildman–Crippen MR) is 78.0 cm³/mol. The number of anilines is 1. The number of aryl methyl sites for hydroxylation is 1. The minimum Gasteiger partial charge on any atom is -0.478 e. The number of nitrogens with one attached hydrogen (secondary N) is 1. The summed E-state index contributed by atoms with van der Waals surface area (Å²) in [6.45, 7) is 3.53. The van der Waals surface area contributed by atoms with E-state index in [9.17, 15) is 14.7 Å². The van der Waals surface area contributed by atoms with E-state index in [2.05, 4.69) is 10.3 Å². The van der Waals surface area contributed by atoms with Gasteiger partial charge in [0.2, 0.25) is 0 Å². The van der Waals surface area contributed by atoms with Crippen molar-refractivity contribution in [1.29, 1.82) is 0 Å². The van der Waals surface area contributed by atoms with E-state index in [4.69, 9.17) is 11.6 Å². The van der Waals surface area contributed by atoms with Crippen LogP contribution in [0.25, 0.3) is 0 Å². The number of thiophene rings is 1. The third-order valence-electron chi connectivity index (χ3n) is 2.81. The quantitative estimate of drug-likeness (QED) is 0.852. The van der Waals surface area contributed by atoms with Gasteiger partial charge < -0.3 is 10.4 Å². The standard InChI is InChI=1S/C13H11ClN2O3S/c1-6-7(2)20-12(10(6)13(18)19)16-11(17)8-3-4-15-9(14)5-8/h3-5H,1-2H3,(H,16,17)(H,18,19). The predicted octanol–water partition coefficient (Wildman–Crippen LogP) is 3.36. The Morgan fingerprint density at radius 1 is 1.40 bits per heavy atom. The van der Waals surface area contributed by atoms with Crippen molar-refractivity contribution in [3.63, 3.8) is 0 Å². The van der Waals surface area contributed by atoms with E-state index in [0.29, 0.717) is 16.1 Å². The molecule has 7 heteroatoms. The van der Waals surface area contributed by atoms with E-state index in [0.717, 1.165) is 4.88 Å². The van der Waals surface area contributed by atoms with Gasteiger partial charge >= 0.3 is 5.97 Å². The molecule has 2 heterocycles. The number of aromatic nitrogens is 1. The van der Waals surface area contributed by atoms with Crippen molar-refractivity contribution in [2.75, 3.05) is 5.32 Å². The van der Waals surface area contributed by atoms with Gasteiger partial charge in [-0.2, -0.15) is 0 Å². The molecule has 0 saturated heterocycles. The van der Waals surface area contributed by atoms with Gasteiger partial charge in [0, 0.05) is 16.6 Å². The summed E-state index contributed by atoms with van der Waals surface area (Å²) in [7, 11) is 0. The fourth-order valence-corrected chi connectivity index (χ4v) is 2.91. The number of pyridine rings is 1. The Morgan fingerprint density at radius 2 is 2.10 bits per heavy atom. The minimum atomic E-state index is -1.06. The van der Waals surface area contributed by atoms with E-state index in [1.54, 1.807) is 6.92 Å². The molecule has 5 nitrogen and oxygen atoms in total. The van der Waals surface area contributed by atoms with E-state index < -0.39 is 11.9 Å². The highest BCUT2D eigenvalue weighted by Gasteiger charge is 2.20. The SMILES string of the molecule is Cc1sc(NC(=O)c2ccnc(Cl)c2)c(C(=O)O)c1C. The Balaban J connectivity index is 2.33. The first-order chi connectivity index (χ1) is 9.40. The molecular weight excluding hydrogens is 300 g/mol. The lowest BCUT2D eigenvalue weighted by Crippen LogP contribution is -2.13. The molecule has 104 valence electrons. The Bertz CT molecular complexity index is 697. The summed E-state index contributed by atoms with van der Waals surface area (Å²) in [5.74, 6) is -1.48. The van der Waals surface area contributed by atoms with Crippen molar-refractivity contribution < 1.29 is 14.7 Å². The van der Waals surface area contributed by atoms with Crippen molar-refractivity contribution >= 4 is 39.8 Å². The number of halogens is 1. The van der Waals surface area contributed by atoms with E-state index >= 15 is 0 Å². The second-order valence-corrected chi connectivity index (χ2v) is 5.73. The molecule has 0 aliphatic carbocycles. The summed E-state index contributed by atoms with van der Waals surface area (Å²) < 4.78 is 0. The maximum atomic E-state index is 12.1. The molecule has 0 aliphatic rings. The van der Waals surface area contributed by atoms with Gasteiger partial charge in [-0.3, -0.25) is 4.79 Å². The molecule has 2 aromatic rings. The number of hydrogen-bond donors (Lipinski definition) is 2. The number of amides is 1.